The van der Waals surface area contributed by atoms with Gasteiger partial charge in [0.25, 0.3) is 5.91 Å². The van der Waals surface area contributed by atoms with Crippen molar-refractivity contribution in [3.8, 4) is 0 Å². The van der Waals surface area contributed by atoms with E-state index in [4.69, 9.17) is 4.74 Å². The van der Waals surface area contributed by atoms with Gasteiger partial charge in [-0.25, -0.2) is 19.7 Å². The molecule has 4 rings (SSSR count). The largest absolute Gasteiger partial charge is 0.387 e. The van der Waals surface area contributed by atoms with Crippen LogP contribution >= 0.6 is 0 Å². The Morgan fingerprint density at radius 3 is 2.64 bits per heavy atom. The van der Waals surface area contributed by atoms with Gasteiger partial charge in [-0.2, -0.15) is 0 Å². The number of rotatable bonds is 6. The van der Waals surface area contributed by atoms with Gasteiger partial charge in [0, 0.05) is 6.54 Å². The standard InChI is InChI=1S/C21H25N7O5/c1-3-22-19(31)16-14(29)15(30)20(33-16)28-10-25-13-17(23-9-24-18(13)28)27-21(32)26-11(2)12-7-5-4-6-8-12/h4-11,14-16,20,29-30H,3H2,1-2H3,(H,22,31)(H2,23,24,26,27,32)/t11-,14+,15-,16+,20-/m1/s1. The molecule has 1 saturated heterocycles. The molecule has 5 atom stereocenters. The number of urea groups is 1. The molecule has 33 heavy (non-hydrogen) atoms. The zero-order valence-electron chi connectivity index (χ0n) is 18.0. The fourth-order valence-corrected chi connectivity index (χ4v) is 3.68. The Morgan fingerprint density at radius 2 is 1.91 bits per heavy atom. The molecule has 1 fully saturated rings. The molecule has 1 aliphatic heterocycles. The Labute approximate surface area is 189 Å². The lowest BCUT2D eigenvalue weighted by Gasteiger charge is -2.16. The summed E-state index contributed by atoms with van der Waals surface area (Å²) in [6.07, 6.45) is -2.59. The lowest BCUT2D eigenvalue weighted by molar-refractivity contribution is -0.137. The molecule has 0 unspecified atom stereocenters. The molecule has 12 nitrogen and oxygen atoms in total. The number of hydrogen-bond donors (Lipinski definition) is 5. The van der Waals surface area contributed by atoms with Crippen molar-refractivity contribution in [3.63, 3.8) is 0 Å². The number of amides is 3. The van der Waals surface area contributed by atoms with Gasteiger partial charge in [-0.15, -0.1) is 0 Å². The third-order valence-corrected chi connectivity index (χ3v) is 5.36. The highest BCUT2D eigenvalue weighted by atomic mass is 16.6. The predicted molar refractivity (Wildman–Crippen MR) is 117 cm³/mol. The first-order chi connectivity index (χ1) is 15.9. The van der Waals surface area contributed by atoms with E-state index in [1.807, 2.05) is 37.3 Å². The molecule has 3 amide bonds. The summed E-state index contributed by atoms with van der Waals surface area (Å²) in [6, 6.07) is 8.76. The Hall–Kier alpha value is -3.61. The molecule has 3 heterocycles. The second kappa shape index (κ2) is 9.48. The van der Waals surface area contributed by atoms with E-state index < -0.39 is 36.5 Å². The molecule has 12 heteroatoms. The first-order valence-electron chi connectivity index (χ1n) is 10.5. The number of fused-ring (bicyclic) bond motifs is 1. The van der Waals surface area contributed by atoms with Gasteiger partial charge < -0.3 is 25.6 Å². The summed E-state index contributed by atoms with van der Waals surface area (Å²) < 4.78 is 7.01. The second-order valence-corrected chi connectivity index (χ2v) is 7.60. The molecule has 0 aliphatic carbocycles. The summed E-state index contributed by atoms with van der Waals surface area (Å²) in [7, 11) is 0. The first kappa shape index (κ1) is 22.6. The van der Waals surface area contributed by atoms with Crippen molar-refractivity contribution in [1.29, 1.82) is 0 Å². The topological polar surface area (TPSA) is 164 Å². The zero-order chi connectivity index (χ0) is 23.5. The number of aliphatic hydroxyl groups excluding tert-OH is 2. The van der Waals surface area contributed by atoms with Crippen LogP contribution in [0.3, 0.4) is 0 Å². The normalized spacial score (nSPS) is 23.3. The van der Waals surface area contributed by atoms with Crippen LogP contribution in [0.25, 0.3) is 11.2 Å². The van der Waals surface area contributed by atoms with Crippen LogP contribution in [0.5, 0.6) is 0 Å². The SMILES string of the molecule is CCNC(=O)[C@H]1O[C@@H](n2cnc3c(NC(=O)N[C@H](C)c4ccccc4)ncnc32)[C@H](O)[C@@H]1O. The number of carbonyl (C=O) groups is 2. The van der Waals surface area contributed by atoms with Crippen LogP contribution in [0.2, 0.25) is 0 Å². The molecule has 0 bridgehead atoms. The van der Waals surface area contributed by atoms with Gasteiger partial charge in [0.05, 0.1) is 12.4 Å². The van der Waals surface area contributed by atoms with Crippen LogP contribution in [0.1, 0.15) is 31.7 Å². The van der Waals surface area contributed by atoms with Crippen LogP contribution in [-0.4, -0.2) is 66.5 Å². The van der Waals surface area contributed by atoms with Crippen LogP contribution in [-0.2, 0) is 9.53 Å². The summed E-state index contributed by atoms with van der Waals surface area (Å²) >= 11 is 0. The van der Waals surface area contributed by atoms with Crippen molar-refractivity contribution < 1.29 is 24.5 Å². The van der Waals surface area contributed by atoms with Crippen molar-refractivity contribution in [1.82, 2.24) is 30.2 Å². The molecule has 0 spiro atoms. The number of imidazole rings is 1. The van der Waals surface area contributed by atoms with Gasteiger partial charge in [0.1, 0.15) is 18.5 Å². The van der Waals surface area contributed by atoms with E-state index in [0.29, 0.717) is 6.54 Å². The number of ether oxygens (including phenoxy) is 1. The maximum absolute atomic E-state index is 12.5. The number of nitrogens with one attached hydrogen (secondary N) is 3. The molecule has 1 aliphatic rings. The Kier molecular flexibility index (Phi) is 6.49. The van der Waals surface area contributed by atoms with E-state index in [9.17, 15) is 19.8 Å². The van der Waals surface area contributed by atoms with Gasteiger partial charge in [-0.1, -0.05) is 30.3 Å². The molecule has 3 aromatic rings. The Morgan fingerprint density at radius 1 is 1.15 bits per heavy atom. The van der Waals surface area contributed by atoms with Gasteiger partial charge in [0.15, 0.2) is 29.3 Å². The van der Waals surface area contributed by atoms with Crippen molar-refractivity contribution >= 4 is 28.9 Å². The van der Waals surface area contributed by atoms with Gasteiger partial charge in [-0.05, 0) is 19.4 Å². The minimum atomic E-state index is -1.43. The molecule has 1 aromatic carbocycles. The first-order valence-corrected chi connectivity index (χ1v) is 10.5. The number of likely N-dealkylation sites (N-methyl/N-ethyl adjacent to an activating group) is 1. The van der Waals surface area contributed by atoms with E-state index in [2.05, 4.69) is 30.9 Å². The Balaban J connectivity index is 1.52. The third kappa shape index (κ3) is 4.49. The summed E-state index contributed by atoms with van der Waals surface area (Å²) in [4.78, 5) is 37.2. The smallest absolute Gasteiger partial charge is 0.320 e. The average Bonchev–Trinajstić information content (AvgIpc) is 3.36. The van der Waals surface area contributed by atoms with Crippen LogP contribution < -0.4 is 16.0 Å². The number of nitrogens with zero attached hydrogens (tertiary/aromatic N) is 4. The summed E-state index contributed by atoms with van der Waals surface area (Å²) in [5, 5.41) is 28.8. The van der Waals surface area contributed by atoms with E-state index >= 15 is 0 Å². The highest BCUT2D eigenvalue weighted by Crippen LogP contribution is 2.32. The predicted octanol–water partition coefficient (Wildman–Crippen LogP) is 0.464. The van der Waals surface area contributed by atoms with Gasteiger partial charge >= 0.3 is 6.03 Å². The monoisotopic (exact) mass is 455 g/mol. The van der Waals surface area contributed by atoms with Crippen molar-refractivity contribution in [2.45, 2.75) is 44.4 Å². The molecule has 174 valence electrons. The van der Waals surface area contributed by atoms with Crippen molar-refractivity contribution in [2.24, 2.45) is 0 Å². The minimum absolute atomic E-state index is 0.157. The molecule has 0 saturated carbocycles. The number of aromatic nitrogens is 4. The number of benzene rings is 1. The highest BCUT2D eigenvalue weighted by molar-refractivity contribution is 5.96. The zero-order valence-corrected chi connectivity index (χ0v) is 18.0. The maximum atomic E-state index is 12.5. The lowest BCUT2D eigenvalue weighted by atomic mass is 10.1. The molecule has 2 aromatic heterocycles. The Bertz CT molecular complexity index is 1140. The summed E-state index contributed by atoms with van der Waals surface area (Å²) in [5.41, 5.74) is 1.45. The number of carbonyl (C=O) groups excluding carboxylic acids is 2. The molecule has 5 N–H and O–H groups in total. The highest BCUT2D eigenvalue weighted by Gasteiger charge is 2.47. The van der Waals surface area contributed by atoms with Gasteiger partial charge in [-0.3, -0.25) is 14.7 Å². The van der Waals surface area contributed by atoms with Crippen LogP contribution in [0.15, 0.2) is 43.0 Å². The molecule has 0 radical (unpaired) electrons. The fraction of sp³-hybridized carbons (Fsp3) is 0.381. The molecular formula is C21H25N7O5. The number of hydrogen-bond acceptors (Lipinski definition) is 8. The van der Waals surface area contributed by atoms with E-state index in [0.717, 1.165) is 5.56 Å². The third-order valence-electron chi connectivity index (χ3n) is 5.36. The van der Waals surface area contributed by atoms with E-state index in [1.54, 1.807) is 6.92 Å². The minimum Gasteiger partial charge on any atom is -0.387 e. The van der Waals surface area contributed by atoms with E-state index in [1.165, 1.54) is 17.2 Å². The fourth-order valence-electron chi connectivity index (χ4n) is 3.68. The second-order valence-electron chi connectivity index (χ2n) is 7.60. The number of anilines is 1. The number of aliphatic hydroxyl groups is 2. The summed E-state index contributed by atoms with van der Waals surface area (Å²) in [6.45, 7) is 3.94. The lowest BCUT2D eigenvalue weighted by Crippen LogP contribution is -2.42. The van der Waals surface area contributed by atoms with Gasteiger partial charge in [0.2, 0.25) is 0 Å². The van der Waals surface area contributed by atoms with Crippen molar-refractivity contribution in [3.05, 3.63) is 48.5 Å². The quantitative estimate of drug-likeness (QED) is 0.358. The summed E-state index contributed by atoms with van der Waals surface area (Å²) in [5.74, 6) is -0.373. The maximum Gasteiger partial charge on any atom is 0.320 e. The van der Waals surface area contributed by atoms with Crippen molar-refractivity contribution in [2.75, 3.05) is 11.9 Å². The molecular weight excluding hydrogens is 430 g/mol. The van der Waals surface area contributed by atoms with E-state index in [-0.39, 0.29) is 23.0 Å². The average molecular weight is 455 g/mol. The van der Waals surface area contributed by atoms with Crippen LogP contribution in [0.4, 0.5) is 10.6 Å². The van der Waals surface area contributed by atoms with Crippen LogP contribution in [0, 0.1) is 0 Å².